The van der Waals surface area contributed by atoms with Crippen molar-refractivity contribution < 1.29 is 8.42 Å². The second-order valence-electron chi connectivity index (χ2n) is 4.56. The van der Waals surface area contributed by atoms with Crippen molar-refractivity contribution in [3.8, 4) is 10.6 Å². The molecule has 1 heterocycles. The summed E-state index contributed by atoms with van der Waals surface area (Å²) in [5.74, 6) is 0. The van der Waals surface area contributed by atoms with E-state index in [4.69, 9.17) is 0 Å². The molecule has 0 aliphatic carbocycles. The van der Waals surface area contributed by atoms with Gasteiger partial charge in [-0.15, -0.1) is 11.3 Å². The van der Waals surface area contributed by atoms with Crippen molar-refractivity contribution in [2.75, 3.05) is 21.1 Å². The van der Waals surface area contributed by atoms with Gasteiger partial charge in [0.2, 0.25) is 0 Å². The highest BCUT2D eigenvalue weighted by molar-refractivity contribution is 7.86. The molecule has 0 atom stereocenters. The van der Waals surface area contributed by atoms with Crippen LogP contribution in [0.15, 0.2) is 35.7 Å². The quantitative estimate of drug-likeness (QED) is 0.849. The average Bonchev–Trinajstić information content (AvgIpc) is 2.88. The van der Waals surface area contributed by atoms with Crippen molar-refractivity contribution in [1.29, 1.82) is 0 Å². The van der Waals surface area contributed by atoms with Gasteiger partial charge in [-0.2, -0.15) is 17.0 Å². The third-order valence-corrected chi connectivity index (χ3v) is 5.59. The molecule has 0 saturated carbocycles. The lowest BCUT2D eigenvalue weighted by atomic mass is 10.2. The van der Waals surface area contributed by atoms with Crippen LogP contribution >= 0.6 is 11.3 Å². The number of hydrogen-bond donors (Lipinski definition) is 0. The zero-order chi connectivity index (χ0) is 14.8. The van der Waals surface area contributed by atoms with Crippen LogP contribution in [-0.4, -0.2) is 43.2 Å². The number of thiazole rings is 1. The standard InChI is InChI=1S/C13H17N3O2S2/c1-15(2)20(17,18)16(3)9-12-10-19-13(14-12)11-7-5-4-6-8-11/h4-8,10H,9H2,1-3H3. The molecule has 0 aliphatic rings. The second kappa shape index (κ2) is 6.01. The van der Waals surface area contributed by atoms with E-state index in [1.54, 1.807) is 7.05 Å². The van der Waals surface area contributed by atoms with E-state index in [0.29, 0.717) is 0 Å². The van der Waals surface area contributed by atoms with Gasteiger partial charge in [-0.3, -0.25) is 0 Å². The molecule has 7 heteroatoms. The number of nitrogens with zero attached hydrogens (tertiary/aromatic N) is 3. The molecule has 2 aromatic rings. The van der Waals surface area contributed by atoms with Crippen molar-refractivity contribution in [3.05, 3.63) is 41.4 Å². The summed E-state index contributed by atoms with van der Waals surface area (Å²) >= 11 is 1.52. The first-order valence-corrected chi connectivity index (χ1v) is 8.32. The van der Waals surface area contributed by atoms with E-state index in [0.717, 1.165) is 16.3 Å². The Balaban J connectivity index is 2.15. The summed E-state index contributed by atoms with van der Waals surface area (Å²) < 4.78 is 26.4. The molecule has 0 aliphatic heterocycles. The summed E-state index contributed by atoms with van der Waals surface area (Å²) in [5.41, 5.74) is 1.80. The Morgan fingerprint density at radius 2 is 1.80 bits per heavy atom. The summed E-state index contributed by atoms with van der Waals surface area (Å²) in [6.45, 7) is 0.268. The van der Waals surface area contributed by atoms with E-state index < -0.39 is 10.2 Å². The number of benzene rings is 1. The van der Waals surface area contributed by atoms with Crippen LogP contribution in [0.2, 0.25) is 0 Å². The molecular weight excluding hydrogens is 294 g/mol. The molecule has 1 aromatic carbocycles. The van der Waals surface area contributed by atoms with Crippen LogP contribution in [0.4, 0.5) is 0 Å². The Labute approximate surface area is 123 Å². The van der Waals surface area contributed by atoms with Crippen LogP contribution in [0, 0.1) is 0 Å². The van der Waals surface area contributed by atoms with Gasteiger partial charge in [0.05, 0.1) is 12.2 Å². The predicted molar refractivity (Wildman–Crippen MR) is 81.6 cm³/mol. The third-order valence-electron chi connectivity index (χ3n) is 2.81. The van der Waals surface area contributed by atoms with Crippen LogP contribution in [-0.2, 0) is 16.8 Å². The largest absolute Gasteiger partial charge is 0.281 e. The third kappa shape index (κ3) is 3.24. The van der Waals surface area contributed by atoms with Crippen LogP contribution in [0.5, 0.6) is 0 Å². The smallest absolute Gasteiger partial charge is 0.240 e. The molecule has 0 bridgehead atoms. The minimum atomic E-state index is -3.40. The van der Waals surface area contributed by atoms with Gasteiger partial charge >= 0.3 is 0 Å². The summed E-state index contributed by atoms with van der Waals surface area (Å²) in [5, 5.41) is 2.79. The van der Waals surface area contributed by atoms with Gasteiger partial charge in [0.25, 0.3) is 10.2 Å². The van der Waals surface area contributed by atoms with E-state index in [1.165, 1.54) is 34.0 Å². The number of rotatable bonds is 5. The topological polar surface area (TPSA) is 53.5 Å². The van der Waals surface area contributed by atoms with Gasteiger partial charge in [0, 0.05) is 32.1 Å². The lowest BCUT2D eigenvalue weighted by Gasteiger charge is -2.20. The van der Waals surface area contributed by atoms with E-state index in [2.05, 4.69) is 4.98 Å². The van der Waals surface area contributed by atoms with Crippen molar-refractivity contribution >= 4 is 21.5 Å². The maximum atomic E-state index is 11.9. The van der Waals surface area contributed by atoms with E-state index >= 15 is 0 Å². The maximum Gasteiger partial charge on any atom is 0.281 e. The molecule has 0 radical (unpaired) electrons. The Bertz CT molecular complexity index is 666. The highest BCUT2D eigenvalue weighted by Gasteiger charge is 2.21. The Morgan fingerprint density at radius 1 is 1.15 bits per heavy atom. The van der Waals surface area contributed by atoms with E-state index in [1.807, 2.05) is 35.7 Å². The Morgan fingerprint density at radius 3 is 2.40 bits per heavy atom. The Hall–Kier alpha value is -1.28. The molecule has 20 heavy (non-hydrogen) atoms. The fourth-order valence-corrected chi connectivity index (χ4v) is 3.35. The molecule has 0 N–H and O–H groups in total. The highest BCUT2D eigenvalue weighted by Crippen LogP contribution is 2.24. The van der Waals surface area contributed by atoms with Crippen molar-refractivity contribution in [2.24, 2.45) is 0 Å². The SMILES string of the molecule is CN(C)S(=O)(=O)N(C)Cc1csc(-c2ccccc2)n1. The van der Waals surface area contributed by atoms with E-state index in [-0.39, 0.29) is 6.54 Å². The maximum absolute atomic E-state index is 11.9. The second-order valence-corrected chi connectivity index (χ2v) is 7.66. The lowest BCUT2D eigenvalue weighted by molar-refractivity contribution is 0.412. The first-order valence-electron chi connectivity index (χ1n) is 6.05. The summed E-state index contributed by atoms with van der Waals surface area (Å²) in [7, 11) is 1.19. The molecule has 0 spiro atoms. The highest BCUT2D eigenvalue weighted by atomic mass is 32.2. The predicted octanol–water partition coefficient (Wildman–Crippen LogP) is 2.05. The van der Waals surface area contributed by atoms with Crippen LogP contribution in [0.3, 0.4) is 0 Å². The van der Waals surface area contributed by atoms with Gasteiger partial charge < -0.3 is 0 Å². The van der Waals surface area contributed by atoms with Crippen LogP contribution < -0.4 is 0 Å². The lowest BCUT2D eigenvalue weighted by Crippen LogP contribution is -2.36. The average molecular weight is 311 g/mol. The van der Waals surface area contributed by atoms with Gasteiger partial charge in [0.15, 0.2) is 0 Å². The Kier molecular flexibility index (Phi) is 4.54. The normalized spacial score (nSPS) is 12.2. The van der Waals surface area contributed by atoms with E-state index in [9.17, 15) is 8.42 Å². The van der Waals surface area contributed by atoms with Gasteiger partial charge in [-0.25, -0.2) is 4.98 Å². The summed E-state index contributed by atoms with van der Waals surface area (Å²) in [4.78, 5) is 4.49. The van der Waals surface area contributed by atoms with Gasteiger partial charge in [-0.05, 0) is 0 Å². The zero-order valence-corrected chi connectivity index (χ0v) is 13.3. The van der Waals surface area contributed by atoms with Gasteiger partial charge in [0.1, 0.15) is 5.01 Å². The fraction of sp³-hybridized carbons (Fsp3) is 0.308. The molecule has 2 rings (SSSR count). The molecule has 0 fully saturated rings. The molecular formula is C13H17N3O2S2. The molecule has 5 nitrogen and oxygen atoms in total. The fourth-order valence-electron chi connectivity index (χ4n) is 1.68. The molecule has 108 valence electrons. The molecule has 0 unspecified atom stereocenters. The zero-order valence-electron chi connectivity index (χ0n) is 11.6. The first kappa shape index (κ1) is 15.1. The summed E-state index contributed by atoms with van der Waals surface area (Å²) in [6, 6.07) is 9.85. The van der Waals surface area contributed by atoms with Gasteiger partial charge in [-0.1, -0.05) is 30.3 Å². The van der Waals surface area contributed by atoms with Crippen molar-refractivity contribution in [1.82, 2.24) is 13.6 Å². The monoisotopic (exact) mass is 311 g/mol. The van der Waals surface area contributed by atoms with Crippen LogP contribution in [0.1, 0.15) is 5.69 Å². The molecule has 1 aromatic heterocycles. The molecule has 0 amide bonds. The molecule has 0 saturated heterocycles. The summed E-state index contributed by atoms with van der Waals surface area (Å²) in [6.07, 6.45) is 0. The first-order chi connectivity index (χ1) is 9.41. The van der Waals surface area contributed by atoms with Crippen molar-refractivity contribution in [2.45, 2.75) is 6.54 Å². The van der Waals surface area contributed by atoms with Crippen LogP contribution in [0.25, 0.3) is 10.6 Å². The minimum Gasteiger partial charge on any atom is -0.240 e. The minimum absolute atomic E-state index is 0.268. The van der Waals surface area contributed by atoms with Crippen molar-refractivity contribution in [3.63, 3.8) is 0 Å². The number of hydrogen-bond acceptors (Lipinski definition) is 4. The number of aromatic nitrogens is 1.